The monoisotopic (exact) mass is 390 g/mol. The fraction of sp³-hybridized carbons (Fsp3) is 0.318. The summed E-state index contributed by atoms with van der Waals surface area (Å²) in [5, 5.41) is 12.6. The van der Waals surface area contributed by atoms with Crippen molar-refractivity contribution in [3.63, 3.8) is 0 Å². The van der Waals surface area contributed by atoms with Crippen molar-refractivity contribution < 1.29 is 4.79 Å². The molecule has 1 heterocycles. The van der Waals surface area contributed by atoms with Crippen LogP contribution in [0.15, 0.2) is 53.9 Å². The molecule has 0 bridgehead atoms. The number of carbonyl (C=O) groups excluding carboxylic acids is 1. The summed E-state index contributed by atoms with van der Waals surface area (Å²) in [5.74, 6) is 1.44. The van der Waals surface area contributed by atoms with E-state index >= 15 is 0 Å². The Morgan fingerprint density at radius 2 is 1.86 bits per heavy atom. The molecule has 2 unspecified atom stereocenters. The molecule has 2 aliphatic rings. The predicted molar refractivity (Wildman–Crippen MR) is 112 cm³/mol. The number of anilines is 1. The summed E-state index contributed by atoms with van der Waals surface area (Å²) in [7, 11) is 0. The number of carbonyl (C=O) groups is 1. The lowest BCUT2D eigenvalue weighted by atomic mass is 10.1. The van der Waals surface area contributed by atoms with Crippen LogP contribution in [-0.2, 0) is 0 Å². The van der Waals surface area contributed by atoms with Crippen molar-refractivity contribution >= 4 is 23.1 Å². The van der Waals surface area contributed by atoms with Gasteiger partial charge in [0, 0.05) is 34.2 Å². The summed E-state index contributed by atoms with van der Waals surface area (Å²) in [6, 6.07) is 16.3. The second-order valence-electron chi connectivity index (χ2n) is 7.74. The number of benzene rings is 2. The second-order valence-corrected chi connectivity index (χ2v) is 8.35. The molecule has 2 fully saturated rings. The fourth-order valence-electron chi connectivity index (χ4n) is 3.53. The largest absolute Gasteiger partial charge is 0.322 e. The Balaban J connectivity index is 1.17. The normalized spacial score (nSPS) is 20.7. The molecule has 6 heteroatoms. The number of hydrogen-bond acceptors (Lipinski definition) is 5. The molecule has 1 aromatic heterocycles. The molecule has 142 valence electrons. The van der Waals surface area contributed by atoms with Gasteiger partial charge in [-0.1, -0.05) is 28.8 Å². The van der Waals surface area contributed by atoms with Crippen molar-refractivity contribution in [1.82, 2.24) is 14.9 Å². The van der Waals surface area contributed by atoms with Gasteiger partial charge < -0.3 is 10.6 Å². The summed E-state index contributed by atoms with van der Waals surface area (Å²) < 4.78 is 3.87. The quantitative estimate of drug-likeness (QED) is 0.631. The molecule has 2 N–H and O–H groups in total. The van der Waals surface area contributed by atoms with Gasteiger partial charge in [-0.05, 0) is 73.1 Å². The third-order valence-electron chi connectivity index (χ3n) is 5.56. The molecule has 0 aliphatic heterocycles. The predicted octanol–water partition coefficient (Wildman–Crippen LogP) is 4.31. The minimum absolute atomic E-state index is 0.105. The van der Waals surface area contributed by atoms with Crippen molar-refractivity contribution in [2.45, 2.75) is 31.2 Å². The van der Waals surface area contributed by atoms with Gasteiger partial charge in [0.2, 0.25) is 0 Å². The zero-order valence-corrected chi connectivity index (χ0v) is 16.3. The van der Waals surface area contributed by atoms with E-state index in [2.05, 4.69) is 32.4 Å². The van der Waals surface area contributed by atoms with Crippen LogP contribution < -0.4 is 10.6 Å². The molecule has 2 aromatic carbocycles. The molecule has 0 radical (unpaired) electrons. The SMILES string of the molecule is O=C(Nc1ccc(C2CC2NCC2CC2)cc1)c1ccc(-c2csnn2)cc1. The van der Waals surface area contributed by atoms with E-state index in [1.165, 1.54) is 42.9 Å². The summed E-state index contributed by atoms with van der Waals surface area (Å²) in [4.78, 5) is 12.5. The highest BCUT2D eigenvalue weighted by molar-refractivity contribution is 7.03. The lowest BCUT2D eigenvalue weighted by Crippen LogP contribution is -2.20. The smallest absolute Gasteiger partial charge is 0.255 e. The maximum absolute atomic E-state index is 12.5. The van der Waals surface area contributed by atoms with E-state index in [4.69, 9.17) is 0 Å². The van der Waals surface area contributed by atoms with Crippen LogP contribution in [0.1, 0.15) is 41.1 Å². The number of amides is 1. The zero-order valence-electron chi connectivity index (χ0n) is 15.5. The number of rotatable bonds is 7. The Hall–Kier alpha value is -2.57. The van der Waals surface area contributed by atoms with Crippen LogP contribution in [0, 0.1) is 5.92 Å². The van der Waals surface area contributed by atoms with E-state index in [0.29, 0.717) is 17.5 Å². The van der Waals surface area contributed by atoms with Crippen LogP contribution in [0.5, 0.6) is 0 Å². The Morgan fingerprint density at radius 1 is 1.07 bits per heavy atom. The van der Waals surface area contributed by atoms with Crippen LogP contribution in [0.2, 0.25) is 0 Å². The fourth-order valence-corrected chi connectivity index (χ4v) is 3.99. The molecule has 2 aliphatic carbocycles. The van der Waals surface area contributed by atoms with Gasteiger partial charge in [-0.15, -0.1) is 5.10 Å². The van der Waals surface area contributed by atoms with E-state index in [-0.39, 0.29) is 5.91 Å². The average molecular weight is 391 g/mol. The van der Waals surface area contributed by atoms with Gasteiger partial charge in [0.25, 0.3) is 5.91 Å². The molecule has 28 heavy (non-hydrogen) atoms. The molecule has 3 aromatic rings. The maximum Gasteiger partial charge on any atom is 0.255 e. The van der Waals surface area contributed by atoms with E-state index < -0.39 is 0 Å². The number of hydrogen-bond donors (Lipinski definition) is 2. The molecular formula is C22H22N4OS. The first-order valence-corrected chi connectivity index (χ1v) is 10.6. The summed E-state index contributed by atoms with van der Waals surface area (Å²) in [6.45, 7) is 1.17. The van der Waals surface area contributed by atoms with Gasteiger partial charge in [-0.3, -0.25) is 4.79 Å². The van der Waals surface area contributed by atoms with Crippen LogP contribution >= 0.6 is 11.5 Å². The summed E-state index contributed by atoms with van der Waals surface area (Å²) >= 11 is 1.32. The first kappa shape index (κ1) is 17.5. The molecule has 2 atom stereocenters. The highest BCUT2D eigenvalue weighted by Gasteiger charge is 2.38. The molecule has 1 amide bonds. The van der Waals surface area contributed by atoms with Crippen LogP contribution in [-0.4, -0.2) is 28.1 Å². The van der Waals surface area contributed by atoms with E-state index in [1.54, 1.807) is 0 Å². The lowest BCUT2D eigenvalue weighted by Gasteiger charge is -2.08. The van der Waals surface area contributed by atoms with Gasteiger partial charge in [0.15, 0.2) is 0 Å². The maximum atomic E-state index is 12.5. The zero-order chi connectivity index (χ0) is 18.9. The molecule has 0 saturated heterocycles. The van der Waals surface area contributed by atoms with Gasteiger partial charge in [0.05, 0.1) is 0 Å². The minimum atomic E-state index is -0.105. The van der Waals surface area contributed by atoms with Crippen molar-refractivity contribution in [2.24, 2.45) is 5.92 Å². The molecule has 5 nitrogen and oxygen atoms in total. The van der Waals surface area contributed by atoms with E-state index in [1.807, 2.05) is 41.8 Å². The third-order valence-corrected chi connectivity index (χ3v) is 6.06. The summed E-state index contributed by atoms with van der Waals surface area (Å²) in [6.07, 6.45) is 4.01. The second kappa shape index (κ2) is 7.45. The molecular weight excluding hydrogens is 368 g/mol. The lowest BCUT2D eigenvalue weighted by molar-refractivity contribution is 0.102. The van der Waals surface area contributed by atoms with Gasteiger partial charge in [-0.25, -0.2) is 0 Å². The van der Waals surface area contributed by atoms with Crippen molar-refractivity contribution in [3.8, 4) is 11.3 Å². The third kappa shape index (κ3) is 3.98. The van der Waals surface area contributed by atoms with E-state index in [0.717, 1.165) is 22.9 Å². The Labute approximate surface area is 168 Å². The standard InChI is InChI=1S/C22H22N4OS/c27-22(17-5-3-16(4-6-17)21-13-28-26-25-21)24-18-9-7-15(8-10-18)19-11-20(19)23-12-14-1-2-14/h3-10,13-14,19-20,23H,1-2,11-12H2,(H,24,27). The number of aromatic nitrogens is 2. The number of nitrogens with zero attached hydrogens (tertiary/aromatic N) is 2. The van der Waals surface area contributed by atoms with Crippen LogP contribution in [0.4, 0.5) is 5.69 Å². The number of nitrogens with one attached hydrogen (secondary N) is 2. The minimum Gasteiger partial charge on any atom is -0.322 e. The van der Waals surface area contributed by atoms with Gasteiger partial charge >= 0.3 is 0 Å². The van der Waals surface area contributed by atoms with Crippen molar-refractivity contribution in [1.29, 1.82) is 0 Å². The van der Waals surface area contributed by atoms with Crippen LogP contribution in [0.25, 0.3) is 11.3 Å². The highest BCUT2D eigenvalue weighted by Crippen LogP contribution is 2.41. The molecule has 0 spiro atoms. The Morgan fingerprint density at radius 3 is 2.54 bits per heavy atom. The van der Waals surface area contributed by atoms with Gasteiger partial charge in [-0.2, -0.15) is 0 Å². The van der Waals surface area contributed by atoms with Crippen LogP contribution in [0.3, 0.4) is 0 Å². The first-order chi connectivity index (χ1) is 13.8. The highest BCUT2D eigenvalue weighted by atomic mass is 32.1. The van der Waals surface area contributed by atoms with E-state index in [9.17, 15) is 4.79 Å². The average Bonchev–Trinajstić information content (AvgIpc) is 3.64. The summed E-state index contributed by atoms with van der Waals surface area (Å²) in [5.41, 5.74) is 4.60. The molecule has 2 saturated carbocycles. The van der Waals surface area contributed by atoms with Crippen molar-refractivity contribution in [3.05, 3.63) is 65.0 Å². The molecule has 5 rings (SSSR count). The Bertz CT molecular complexity index is 949. The Kier molecular flexibility index (Phi) is 4.66. The first-order valence-electron chi connectivity index (χ1n) is 9.78. The topological polar surface area (TPSA) is 66.9 Å². The van der Waals surface area contributed by atoms with Crippen molar-refractivity contribution in [2.75, 3.05) is 11.9 Å². The van der Waals surface area contributed by atoms with Gasteiger partial charge in [0.1, 0.15) is 5.69 Å².